The van der Waals surface area contributed by atoms with E-state index in [1.165, 1.54) is 5.56 Å². The Bertz CT molecular complexity index is 949. The van der Waals surface area contributed by atoms with E-state index in [1.54, 1.807) is 0 Å². The number of anilines is 2. The Morgan fingerprint density at radius 1 is 0.929 bits per heavy atom. The third kappa shape index (κ3) is 4.61. The Hall–Kier alpha value is -3.07. The summed E-state index contributed by atoms with van der Waals surface area (Å²) in [5, 5.41) is 3.50. The smallest absolute Gasteiger partial charge is 0.258 e. The molecule has 3 aromatic carbocycles. The SMILES string of the molecule is CCc1ccccc1NCc1cccc(C(=O)N(CC)c2cccc(C)c2)c1. The molecule has 1 N–H and O–H groups in total. The lowest BCUT2D eigenvalue weighted by molar-refractivity contribution is 0.0988. The summed E-state index contributed by atoms with van der Waals surface area (Å²) in [7, 11) is 0. The highest BCUT2D eigenvalue weighted by Gasteiger charge is 2.16. The minimum absolute atomic E-state index is 0.0314. The molecule has 0 saturated carbocycles. The number of nitrogens with zero attached hydrogens (tertiary/aromatic N) is 1. The number of carbonyl (C=O) groups excluding carboxylic acids is 1. The number of rotatable bonds is 7. The molecule has 3 aromatic rings. The van der Waals surface area contributed by atoms with E-state index in [-0.39, 0.29) is 5.91 Å². The van der Waals surface area contributed by atoms with Crippen LogP contribution >= 0.6 is 0 Å². The third-order valence-corrected chi connectivity index (χ3v) is 4.93. The van der Waals surface area contributed by atoms with Gasteiger partial charge >= 0.3 is 0 Å². The second-order valence-corrected chi connectivity index (χ2v) is 6.95. The molecule has 3 rings (SSSR count). The van der Waals surface area contributed by atoms with Crippen LogP contribution in [0.25, 0.3) is 0 Å². The van der Waals surface area contributed by atoms with Gasteiger partial charge < -0.3 is 10.2 Å². The van der Waals surface area contributed by atoms with E-state index in [0.717, 1.165) is 28.9 Å². The molecule has 0 aliphatic rings. The molecule has 0 saturated heterocycles. The van der Waals surface area contributed by atoms with Crippen LogP contribution in [0.5, 0.6) is 0 Å². The van der Waals surface area contributed by atoms with Gasteiger partial charge in [-0.05, 0) is 67.3 Å². The first-order valence-electron chi connectivity index (χ1n) is 9.91. The van der Waals surface area contributed by atoms with Gasteiger partial charge in [-0.2, -0.15) is 0 Å². The van der Waals surface area contributed by atoms with Crippen molar-refractivity contribution in [2.45, 2.75) is 33.7 Å². The standard InChI is InChI=1S/C25H28N2O/c1-4-21-12-6-7-15-24(21)26-18-20-11-9-13-22(17-20)25(28)27(5-2)23-14-8-10-19(3)16-23/h6-17,26H,4-5,18H2,1-3H3. The minimum atomic E-state index is 0.0314. The molecule has 0 aliphatic heterocycles. The highest BCUT2D eigenvalue weighted by atomic mass is 16.2. The molecule has 0 heterocycles. The minimum Gasteiger partial charge on any atom is -0.381 e. The Balaban J connectivity index is 1.77. The Morgan fingerprint density at radius 3 is 2.46 bits per heavy atom. The molecule has 0 aromatic heterocycles. The second kappa shape index (κ2) is 9.23. The summed E-state index contributed by atoms with van der Waals surface area (Å²) in [5.74, 6) is 0.0314. The van der Waals surface area contributed by atoms with Crippen molar-refractivity contribution in [2.75, 3.05) is 16.8 Å². The molecule has 0 bridgehead atoms. The van der Waals surface area contributed by atoms with E-state index >= 15 is 0 Å². The molecule has 3 nitrogen and oxygen atoms in total. The zero-order valence-corrected chi connectivity index (χ0v) is 16.9. The van der Waals surface area contributed by atoms with Gasteiger partial charge in [-0.1, -0.05) is 49.4 Å². The normalized spacial score (nSPS) is 10.5. The molecular formula is C25H28N2O. The van der Waals surface area contributed by atoms with E-state index in [4.69, 9.17) is 0 Å². The van der Waals surface area contributed by atoms with Gasteiger partial charge in [-0.3, -0.25) is 4.79 Å². The summed E-state index contributed by atoms with van der Waals surface area (Å²) in [6.45, 7) is 7.53. The Kier molecular flexibility index (Phi) is 6.49. The predicted octanol–water partition coefficient (Wildman–Crippen LogP) is 5.84. The van der Waals surface area contributed by atoms with E-state index < -0.39 is 0 Å². The zero-order valence-electron chi connectivity index (χ0n) is 16.9. The monoisotopic (exact) mass is 372 g/mol. The van der Waals surface area contributed by atoms with Crippen LogP contribution in [0.15, 0.2) is 72.8 Å². The van der Waals surface area contributed by atoms with Crippen LogP contribution in [-0.2, 0) is 13.0 Å². The summed E-state index contributed by atoms with van der Waals surface area (Å²) >= 11 is 0. The number of aryl methyl sites for hydroxylation is 2. The van der Waals surface area contributed by atoms with Crippen LogP contribution in [0.2, 0.25) is 0 Å². The largest absolute Gasteiger partial charge is 0.381 e. The highest BCUT2D eigenvalue weighted by molar-refractivity contribution is 6.06. The molecule has 144 valence electrons. The summed E-state index contributed by atoms with van der Waals surface area (Å²) in [6, 6.07) is 24.3. The molecule has 0 radical (unpaired) electrons. The van der Waals surface area contributed by atoms with Crippen LogP contribution in [0, 0.1) is 6.92 Å². The van der Waals surface area contributed by atoms with Crippen LogP contribution in [0.3, 0.4) is 0 Å². The van der Waals surface area contributed by atoms with Gasteiger partial charge in [0.25, 0.3) is 5.91 Å². The Morgan fingerprint density at radius 2 is 1.71 bits per heavy atom. The van der Waals surface area contributed by atoms with Crippen molar-refractivity contribution in [1.29, 1.82) is 0 Å². The summed E-state index contributed by atoms with van der Waals surface area (Å²) in [5.41, 5.74) is 6.34. The summed E-state index contributed by atoms with van der Waals surface area (Å²) < 4.78 is 0. The van der Waals surface area contributed by atoms with E-state index in [0.29, 0.717) is 18.7 Å². The van der Waals surface area contributed by atoms with Gasteiger partial charge in [0.05, 0.1) is 0 Å². The first-order chi connectivity index (χ1) is 13.6. The number of hydrogen-bond acceptors (Lipinski definition) is 2. The summed E-state index contributed by atoms with van der Waals surface area (Å²) in [4.78, 5) is 14.9. The fourth-order valence-electron chi connectivity index (χ4n) is 3.41. The molecule has 3 heteroatoms. The zero-order chi connectivity index (χ0) is 19.9. The number of para-hydroxylation sites is 1. The molecule has 0 unspecified atom stereocenters. The van der Waals surface area contributed by atoms with Crippen molar-refractivity contribution in [2.24, 2.45) is 0 Å². The molecule has 1 amide bonds. The maximum atomic E-state index is 13.1. The van der Waals surface area contributed by atoms with Gasteiger partial charge in [-0.25, -0.2) is 0 Å². The highest BCUT2D eigenvalue weighted by Crippen LogP contribution is 2.20. The maximum Gasteiger partial charge on any atom is 0.258 e. The van der Waals surface area contributed by atoms with Crippen molar-refractivity contribution < 1.29 is 4.79 Å². The van der Waals surface area contributed by atoms with Crippen molar-refractivity contribution in [1.82, 2.24) is 0 Å². The van der Waals surface area contributed by atoms with Crippen molar-refractivity contribution in [3.8, 4) is 0 Å². The van der Waals surface area contributed by atoms with Gasteiger partial charge in [-0.15, -0.1) is 0 Å². The quantitative estimate of drug-likeness (QED) is 0.565. The maximum absolute atomic E-state index is 13.1. The van der Waals surface area contributed by atoms with Crippen LogP contribution in [0.4, 0.5) is 11.4 Å². The predicted molar refractivity (Wildman–Crippen MR) is 118 cm³/mol. The van der Waals surface area contributed by atoms with E-state index in [2.05, 4.69) is 42.6 Å². The van der Waals surface area contributed by atoms with Crippen molar-refractivity contribution >= 4 is 17.3 Å². The van der Waals surface area contributed by atoms with Crippen molar-refractivity contribution in [3.05, 3.63) is 95.1 Å². The van der Waals surface area contributed by atoms with Crippen molar-refractivity contribution in [3.63, 3.8) is 0 Å². The topological polar surface area (TPSA) is 32.3 Å². The first-order valence-corrected chi connectivity index (χ1v) is 9.91. The lowest BCUT2D eigenvalue weighted by Gasteiger charge is -2.22. The third-order valence-electron chi connectivity index (χ3n) is 4.93. The summed E-state index contributed by atoms with van der Waals surface area (Å²) in [6.07, 6.45) is 0.990. The van der Waals surface area contributed by atoms with E-state index in [9.17, 15) is 4.79 Å². The average molecular weight is 373 g/mol. The first kappa shape index (κ1) is 19.7. The molecule has 0 atom stereocenters. The number of amides is 1. The number of benzene rings is 3. The van der Waals surface area contributed by atoms with Gasteiger partial charge in [0.15, 0.2) is 0 Å². The molecule has 28 heavy (non-hydrogen) atoms. The fourth-order valence-corrected chi connectivity index (χ4v) is 3.41. The lowest BCUT2D eigenvalue weighted by atomic mass is 10.1. The second-order valence-electron chi connectivity index (χ2n) is 6.95. The Labute approximate surface area is 168 Å². The van der Waals surface area contributed by atoms with E-state index in [1.807, 2.05) is 61.2 Å². The fraction of sp³-hybridized carbons (Fsp3) is 0.240. The molecule has 0 spiro atoms. The number of carbonyl (C=O) groups is 1. The van der Waals surface area contributed by atoms with Gasteiger partial charge in [0, 0.05) is 30.0 Å². The molecular weight excluding hydrogens is 344 g/mol. The molecule has 0 aliphatic carbocycles. The number of nitrogens with one attached hydrogen (secondary N) is 1. The van der Waals surface area contributed by atoms with Gasteiger partial charge in [0.2, 0.25) is 0 Å². The van der Waals surface area contributed by atoms with Crippen LogP contribution in [-0.4, -0.2) is 12.5 Å². The average Bonchev–Trinajstić information content (AvgIpc) is 2.73. The van der Waals surface area contributed by atoms with Crippen LogP contribution < -0.4 is 10.2 Å². The van der Waals surface area contributed by atoms with Gasteiger partial charge in [0.1, 0.15) is 0 Å². The number of hydrogen-bond donors (Lipinski definition) is 1. The lowest BCUT2D eigenvalue weighted by Crippen LogP contribution is -2.30. The van der Waals surface area contributed by atoms with Crippen LogP contribution in [0.1, 0.15) is 40.9 Å². The molecule has 0 fully saturated rings.